The molecule has 1 aromatic carbocycles. The van der Waals surface area contributed by atoms with Crippen LogP contribution in [0.15, 0.2) is 12.1 Å². The van der Waals surface area contributed by atoms with Crippen LogP contribution in [0.3, 0.4) is 0 Å². The van der Waals surface area contributed by atoms with Crippen LogP contribution in [0.4, 0.5) is 5.69 Å². The van der Waals surface area contributed by atoms with Gasteiger partial charge in [-0.1, -0.05) is 23.2 Å². The molecule has 16 heavy (non-hydrogen) atoms. The number of halogens is 2. The van der Waals surface area contributed by atoms with Gasteiger partial charge in [0.15, 0.2) is 5.75 Å². The van der Waals surface area contributed by atoms with E-state index in [1.54, 1.807) is 0 Å². The zero-order valence-corrected chi connectivity index (χ0v) is 10.6. The molecule has 0 bridgehead atoms. The molecule has 0 fully saturated rings. The molecule has 0 spiro atoms. The summed E-state index contributed by atoms with van der Waals surface area (Å²) in [6.45, 7) is 0.417. The van der Waals surface area contributed by atoms with Gasteiger partial charge in [0.25, 0.3) is 5.69 Å². The van der Waals surface area contributed by atoms with Crippen LogP contribution in [-0.2, 0) is 0 Å². The SMILES string of the molecule is O=[N+]([O-])c1cc(Cl)c(OCCCS)c(Cl)c1. The zero-order valence-electron chi connectivity index (χ0n) is 8.15. The van der Waals surface area contributed by atoms with Gasteiger partial charge in [-0.15, -0.1) is 0 Å². The van der Waals surface area contributed by atoms with Gasteiger partial charge < -0.3 is 4.74 Å². The van der Waals surface area contributed by atoms with Crippen molar-refractivity contribution in [1.29, 1.82) is 0 Å². The van der Waals surface area contributed by atoms with Gasteiger partial charge >= 0.3 is 0 Å². The lowest BCUT2D eigenvalue weighted by molar-refractivity contribution is -0.384. The molecule has 0 aliphatic carbocycles. The van der Waals surface area contributed by atoms with E-state index in [-0.39, 0.29) is 21.5 Å². The molecule has 88 valence electrons. The molecule has 0 unspecified atom stereocenters. The van der Waals surface area contributed by atoms with E-state index in [1.807, 2.05) is 0 Å². The minimum absolute atomic E-state index is 0.137. The average Bonchev–Trinajstić information content (AvgIpc) is 2.21. The second kappa shape index (κ2) is 6.18. The van der Waals surface area contributed by atoms with Gasteiger partial charge in [0.1, 0.15) is 0 Å². The van der Waals surface area contributed by atoms with Crippen molar-refractivity contribution in [3.8, 4) is 5.75 Å². The Labute approximate surface area is 108 Å². The van der Waals surface area contributed by atoms with E-state index in [0.29, 0.717) is 12.4 Å². The number of non-ortho nitro benzene ring substituents is 1. The largest absolute Gasteiger partial charge is 0.490 e. The van der Waals surface area contributed by atoms with Gasteiger partial charge in [-0.25, -0.2) is 0 Å². The van der Waals surface area contributed by atoms with Crippen LogP contribution in [0.1, 0.15) is 6.42 Å². The Morgan fingerprint density at radius 1 is 1.38 bits per heavy atom. The van der Waals surface area contributed by atoms with Crippen LogP contribution in [0.5, 0.6) is 5.75 Å². The molecule has 4 nitrogen and oxygen atoms in total. The van der Waals surface area contributed by atoms with Gasteiger partial charge in [-0.05, 0) is 12.2 Å². The fourth-order valence-corrected chi connectivity index (χ4v) is 1.74. The fourth-order valence-electron chi connectivity index (χ4n) is 1.03. The number of nitro groups is 1. The molecule has 7 heteroatoms. The molecule has 0 heterocycles. The quantitative estimate of drug-likeness (QED) is 0.388. The molecule has 0 saturated carbocycles. The van der Waals surface area contributed by atoms with E-state index in [0.717, 1.165) is 6.42 Å². The van der Waals surface area contributed by atoms with Crippen molar-refractivity contribution in [2.75, 3.05) is 12.4 Å². The zero-order chi connectivity index (χ0) is 12.1. The summed E-state index contributed by atoms with van der Waals surface area (Å²) in [7, 11) is 0. The van der Waals surface area contributed by atoms with Crippen LogP contribution in [0.25, 0.3) is 0 Å². The molecule has 0 amide bonds. The number of thiol groups is 1. The molecular formula is C9H9Cl2NO3S. The Morgan fingerprint density at radius 2 is 1.94 bits per heavy atom. The number of nitro benzene ring substituents is 1. The van der Waals surface area contributed by atoms with Gasteiger partial charge in [-0.3, -0.25) is 10.1 Å². The Balaban J connectivity index is 2.89. The second-order valence-electron chi connectivity index (χ2n) is 2.92. The maximum Gasteiger partial charge on any atom is 0.272 e. The topological polar surface area (TPSA) is 52.4 Å². The van der Waals surface area contributed by atoms with E-state index >= 15 is 0 Å². The van der Waals surface area contributed by atoms with E-state index < -0.39 is 4.92 Å². The third kappa shape index (κ3) is 3.43. The van der Waals surface area contributed by atoms with Crippen molar-refractivity contribution in [2.24, 2.45) is 0 Å². The predicted molar refractivity (Wildman–Crippen MR) is 67.1 cm³/mol. The summed E-state index contributed by atoms with van der Waals surface area (Å²) in [5.41, 5.74) is -0.156. The molecule has 0 aliphatic rings. The molecule has 0 saturated heterocycles. The molecule has 0 radical (unpaired) electrons. The van der Waals surface area contributed by atoms with E-state index in [4.69, 9.17) is 27.9 Å². The highest BCUT2D eigenvalue weighted by molar-refractivity contribution is 7.80. The Kier molecular flexibility index (Phi) is 5.18. The van der Waals surface area contributed by atoms with Gasteiger partial charge in [-0.2, -0.15) is 12.6 Å². The van der Waals surface area contributed by atoms with Gasteiger partial charge in [0.05, 0.1) is 21.6 Å². The molecule has 1 rings (SSSR count). The minimum atomic E-state index is -0.560. The van der Waals surface area contributed by atoms with Crippen LogP contribution in [0.2, 0.25) is 10.0 Å². The number of ether oxygens (including phenoxy) is 1. The Bertz CT molecular complexity index is 377. The Hall–Kier alpha value is -0.650. The van der Waals surface area contributed by atoms with Crippen molar-refractivity contribution in [1.82, 2.24) is 0 Å². The van der Waals surface area contributed by atoms with Crippen LogP contribution < -0.4 is 4.74 Å². The molecular weight excluding hydrogens is 273 g/mol. The number of nitrogens with zero attached hydrogens (tertiary/aromatic N) is 1. The van der Waals surface area contributed by atoms with Crippen LogP contribution in [0, 0.1) is 10.1 Å². The van der Waals surface area contributed by atoms with Crippen molar-refractivity contribution in [3.05, 3.63) is 32.3 Å². The molecule has 0 aromatic heterocycles. The summed E-state index contributed by atoms with van der Waals surface area (Å²) < 4.78 is 5.31. The first kappa shape index (κ1) is 13.4. The maximum absolute atomic E-state index is 10.5. The molecule has 0 aliphatic heterocycles. The summed E-state index contributed by atoms with van der Waals surface area (Å²) in [5.74, 6) is 0.957. The molecule has 0 N–H and O–H groups in total. The van der Waals surface area contributed by atoms with Crippen molar-refractivity contribution in [3.63, 3.8) is 0 Å². The second-order valence-corrected chi connectivity index (χ2v) is 4.18. The van der Waals surface area contributed by atoms with E-state index in [1.165, 1.54) is 12.1 Å². The van der Waals surface area contributed by atoms with Crippen LogP contribution in [-0.4, -0.2) is 17.3 Å². The van der Waals surface area contributed by atoms with E-state index in [2.05, 4.69) is 12.6 Å². The van der Waals surface area contributed by atoms with Crippen molar-refractivity contribution in [2.45, 2.75) is 6.42 Å². The van der Waals surface area contributed by atoms with Crippen LogP contribution >= 0.6 is 35.8 Å². The predicted octanol–water partition coefficient (Wildman–Crippen LogP) is 3.60. The molecule has 1 aromatic rings. The lowest BCUT2D eigenvalue weighted by Gasteiger charge is -2.08. The monoisotopic (exact) mass is 281 g/mol. The summed E-state index contributed by atoms with van der Waals surface area (Å²) >= 11 is 15.7. The smallest absolute Gasteiger partial charge is 0.272 e. The highest BCUT2D eigenvalue weighted by atomic mass is 35.5. The minimum Gasteiger partial charge on any atom is -0.490 e. The first-order valence-corrected chi connectivity index (χ1v) is 5.82. The number of benzene rings is 1. The first-order valence-electron chi connectivity index (χ1n) is 4.43. The third-order valence-electron chi connectivity index (χ3n) is 1.74. The number of hydrogen-bond donors (Lipinski definition) is 1. The normalized spacial score (nSPS) is 10.2. The van der Waals surface area contributed by atoms with Crippen molar-refractivity contribution < 1.29 is 9.66 Å². The maximum atomic E-state index is 10.5. The number of hydrogen-bond acceptors (Lipinski definition) is 4. The fraction of sp³-hybridized carbons (Fsp3) is 0.333. The van der Waals surface area contributed by atoms with Gasteiger partial charge in [0.2, 0.25) is 0 Å². The molecule has 0 atom stereocenters. The van der Waals surface area contributed by atoms with Crippen molar-refractivity contribution >= 4 is 41.5 Å². The number of rotatable bonds is 5. The highest BCUT2D eigenvalue weighted by Gasteiger charge is 2.15. The highest BCUT2D eigenvalue weighted by Crippen LogP contribution is 2.36. The average molecular weight is 282 g/mol. The summed E-state index contributed by atoms with van der Waals surface area (Å²) in [6.07, 6.45) is 0.743. The first-order chi connectivity index (χ1) is 7.56. The van der Waals surface area contributed by atoms with Gasteiger partial charge in [0, 0.05) is 12.1 Å². The standard InChI is InChI=1S/C9H9Cl2NO3S/c10-7-4-6(12(13)14)5-8(11)9(7)15-2-1-3-16/h4-5,16H,1-3H2. The summed E-state index contributed by atoms with van der Waals surface area (Å²) in [4.78, 5) is 9.95. The summed E-state index contributed by atoms with van der Waals surface area (Å²) in [5, 5.41) is 10.8. The lowest BCUT2D eigenvalue weighted by Crippen LogP contribution is -1.99. The Morgan fingerprint density at radius 3 is 2.38 bits per heavy atom. The lowest BCUT2D eigenvalue weighted by atomic mass is 10.3. The van der Waals surface area contributed by atoms with E-state index in [9.17, 15) is 10.1 Å². The summed E-state index contributed by atoms with van der Waals surface area (Å²) in [6, 6.07) is 2.42. The third-order valence-corrected chi connectivity index (χ3v) is 2.62.